The maximum absolute atomic E-state index is 12.9. The number of nitrogens with zero attached hydrogens (tertiary/aromatic N) is 2. The molecule has 8 nitrogen and oxygen atoms in total. The summed E-state index contributed by atoms with van der Waals surface area (Å²) in [6, 6.07) is 10.8. The van der Waals surface area contributed by atoms with E-state index in [1.807, 2.05) is 25.1 Å². The molecular formula is C21H23N3O5S3. The number of sulfone groups is 1. The Morgan fingerprint density at radius 2 is 1.66 bits per heavy atom. The van der Waals surface area contributed by atoms with Crippen molar-refractivity contribution in [3.63, 3.8) is 0 Å². The van der Waals surface area contributed by atoms with E-state index >= 15 is 0 Å². The first-order valence-corrected chi connectivity index (χ1v) is 14.2. The summed E-state index contributed by atoms with van der Waals surface area (Å²) in [5, 5.41) is 3.88. The van der Waals surface area contributed by atoms with Gasteiger partial charge in [-0.2, -0.15) is 4.31 Å². The third-order valence-corrected chi connectivity index (χ3v) is 9.47. The van der Waals surface area contributed by atoms with Crippen LogP contribution in [0.2, 0.25) is 0 Å². The molecule has 4 rings (SSSR count). The molecule has 0 aliphatic carbocycles. The molecule has 1 aliphatic rings. The second kappa shape index (κ2) is 8.54. The van der Waals surface area contributed by atoms with Crippen LogP contribution < -0.4 is 5.32 Å². The van der Waals surface area contributed by atoms with E-state index in [4.69, 9.17) is 0 Å². The van der Waals surface area contributed by atoms with Crippen LogP contribution in [0.1, 0.15) is 17.8 Å². The number of benzene rings is 2. The molecule has 2 heterocycles. The summed E-state index contributed by atoms with van der Waals surface area (Å²) in [6.07, 6.45) is 1.89. The number of aromatic nitrogens is 1. The largest absolute Gasteiger partial charge is 0.326 e. The zero-order valence-electron chi connectivity index (χ0n) is 17.6. The second-order valence-corrected chi connectivity index (χ2v) is 13.0. The van der Waals surface area contributed by atoms with E-state index < -0.39 is 19.9 Å². The molecule has 0 unspecified atom stereocenters. The van der Waals surface area contributed by atoms with Crippen LogP contribution in [0.4, 0.5) is 5.69 Å². The van der Waals surface area contributed by atoms with Crippen LogP contribution in [0.5, 0.6) is 0 Å². The van der Waals surface area contributed by atoms with E-state index in [1.165, 1.54) is 28.6 Å². The number of piperidine rings is 1. The molecule has 32 heavy (non-hydrogen) atoms. The van der Waals surface area contributed by atoms with Crippen molar-refractivity contribution in [2.75, 3.05) is 24.7 Å². The van der Waals surface area contributed by atoms with Crippen LogP contribution in [0, 0.1) is 12.8 Å². The van der Waals surface area contributed by atoms with Gasteiger partial charge >= 0.3 is 0 Å². The topological polar surface area (TPSA) is 114 Å². The number of nitrogens with one attached hydrogen (secondary N) is 1. The number of hydrogen-bond donors (Lipinski definition) is 1. The number of anilines is 1. The molecule has 1 saturated heterocycles. The zero-order valence-corrected chi connectivity index (χ0v) is 20.1. The minimum absolute atomic E-state index is 0.0414. The quantitative estimate of drug-likeness (QED) is 0.584. The molecule has 0 atom stereocenters. The van der Waals surface area contributed by atoms with Gasteiger partial charge in [-0.1, -0.05) is 0 Å². The summed E-state index contributed by atoms with van der Waals surface area (Å²) < 4.78 is 51.4. The highest BCUT2D eigenvalue weighted by Crippen LogP contribution is 2.27. The Morgan fingerprint density at radius 3 is 2.28 bits per heavy atom. The van der Waals surface area contributed by atoms with Crippen LogP contribution >= 0.6 is 11.3 Å². The van der Waals surface area contributed by atoms with Crippen molar-refractivity contribution in [1.82, 2.24) is 9.29 Å². The molecule has 1 aromatic heterocycles. The molecule has 11 heteroatoms. The lowest BCUT2D eigenvalue weighted by molar-refractivity contribution is -0.120. The fraction of sp³-hybridized carbons (Fsp3) is 0.333. The number of thiazole rings is 1. The predicted molar refractivity (Wildman–Crippen MR) is 124 cm³/mol. The lowest BCUT2D eigenvalue weighted by Crippen LogP contribution is -2.41. The normalized spacial score (nSPS) is 16.3. The molecule has 0 spiro atoms. The smallest absolute Gasteiger partial charge is 0.243 e. The minimum atomic E-state index is -3.75. The summed E-state index contributed by atoms with van der Waals surface area (Å²) >= 11 is 1.59. The monoisotopic (exact) mass is 493 g/mol. The molecular weight excluding hydrogens is 470 g/mol. The third kappa shape index (κ3) is 4.70. The van der Waals surface area contributed by atoms with E-state index in [9.17, 15) is 21.6 Å². The second-order valence-electron chi connectivity index (χ2n) is 7.83. The van der Waals surface area contributed by atoms with E-state index in [-0.39, 0.29) is 34.7 Å². The molecule has 1 amide bonds. The van der Waals surface area contributed by atoms with E-state index in [1.54, 1.807) is 11.3 Å². The number of carbonyl (C=O) groups excluding carboxylic acids is 1. The summed E-state index contributed by atoms with van der Waals surface area (Å²) in [6.45, 7) is 2.38. The van der Waals surface area contributed by atoms with Gasteiger partial charge in [0, 0.05) is 31.0 Å². The van der Waals surface area contributed by atoms with Crippen molar-refractivity contribution in [1.29, 1.82) is 0 Å². The Kier molecular flexibility index (Phi) is 6.10. The van der Waals surface area contributed by atoms with Crippen molar-refractivity contribution < 1.29 is 21.6 Å². The summed E-state index contributed by atoms with van der Waals surface area (Å²) in [5.74, 6) is -0.423. The zero-order chi connectivity index (χ0) is 23.1. The number of amides is 1. The third-order valence-electron chi connectivity index (χ3n) is 5.48. The van der Waals surface area contributed by atoms with Crippen molar-refractivity contribution in [2.45, 2.75) is 29.6 Å². The van der Waals surface area contributed by atoms with Gasteiger partial charge in [-0.25, -0.2) is 21.8 Å². The molecule has 2 aromatic carbocycles. The van der Waals surface area contributed by atoms with Crippen LogP contribution in [-0.2, 0) is 24.7 Å². The van der Waals surface area contributed by atoms with Crippen molar-refractivity contribution in [3.05, 3.63) is 47.5 Å². The first-order valence-electron chi connectivity index (χ1n) is 10.0. The number of aryl methyl sites for hydroxylation is 1. The van der Waals surface area contributed by atoms with Gasteiger partial charge in [-0.05, 0) is 62.2 Å². The van der Waals surface area contributed by atoms with E-state index in [0.29, 0.717) is 18.5 Å². The van der Waals surface area contributed by atoms with Gasteiger partial charge in [0.25, 0.3) is 0 Å². The Labute approximate surface area is 191 Å². The van der Waals surface area contributed by atoms with Gasteiger partial charge in [0.15, 0.2) is 9.84 Å². The first kappa shape index (κ1) is 22.8. The Hall–Kier alpha value is -2.34. The molecule has 0 radical (unpaired) electrons. The van der Waals surface area contributed by atoms with E-state index in [2.05, 4.69) is 10.3 Å². The molecule has 3 aromatic rings. The highest BCUT2D eigenvalue weighted by Gasteiger charge is 2.32. The van der Waals surface area contributed by atoms with Crippen molar-refractivity contribution >= 4 is 53.0 Å². The minimum Gasteiger partial charge on any atom is -0.326 e. The van der Waals surface area contributed by atoms with Gasteiger partial charge in [0.05, 0.1) is 25.0 Å². The van der Waals surface area contributed by atoms with Crippen molar-refractivity contribution in [3.8, 4) is 0 Å². The molecule has 170 valence electrons. The predicted octanol–water partition coefficient (Wildman–Crippen LogP) is 3.05. The Balaban J connectivity index is 1.39. The summed E-state index contributed by atoms with van der Waals surface area (Å²) in [5.41, 5.74) is 1.52. The van der Waals surface area contributed by atoms with Gasteiger partial charge in [-0.3, -0.25) is 4.79 Å². The SMILES string of the molecule is Cc1nc2cc(NC(=O)C3CCN(S(=O)(=O)c4ccc(S(C)(=O)=O)cc4)CC3)ccc2s1. The molecule has 0 saturated carbocycles. The van der Waals surface area contributed by atoms with Crippen LogP contribution in [0.25, 0.3) is 10.2 Å². The molecule has 1 N–H and O–H groups in total. The van der Waals surface area contributed by atoms with Crippen LogP contribution in [0.3, 0.4) is 0 Å². The summed E-state index contributed by atoms with van der Waals surface area (Å²) in [7, 11) is -7.15. The number of sulfonamides is 1. The Bertz CT molecular complexity index is 1370. The number of hydrogen-bond acceptors (Lipinski definition) is 7. The molecule has 1 aliphatic heterocycles. The average Bonchev–Trinajstić information content (AvgIpc) is 3.12. The highest BCUT2D eigenvalue weighted by molar-refractivity contribution is 7.90. The maximum atomic E-state index is 12.9. The van der Waals surface area contributed by atoms with Crippen LogP contribution in [0.15, 0.2) is 52.3 Å². The summed E-state index contributed by atoms with van der Waals surface area (Å²) in [4.78, 5) is 17.3. The van der Waals surface area contributed by atoms with Gasteiger partial charge in [-0.15, -0.1) is 11.3 Å². The standard InChI is InChI=1S/C21H23N3O5S3/c1-14-22-19-13-16(3-8-20(19)30-14)23-21(25)15-9-11-24(12-10-15)32(28,29)18-6-4-17(5-7-18)31(2,26)27/h3-8,13,15H,9-12H2,1-2H3,(H,23,25). The lowest BCUT2D eigenvalue weighted by Gasteiger charge is -2.30. The lowest BCUT2D eigenvalue weighted by atomic mass is 9.97. The Morgan fingerprint density at radius 1 is 1.03 bits per heavy atom. The number of fused-ring (bicyclic) bond motifs is 1. The fourth-order valence-electron chi connectivity index (χ4n) is 3.73. The fourth-order valence-corrected chi connectivity index (χ4v) is 6.64. The highest BCUT2D eigenvalue weighted by atomic mass is 32.2. The first-order chi connectivity index (χ1) is 15.0. The van der Waals surface area contributed by atoms with Gasteiger partial charge < -0.3 is 5.32 Å². The average molecular weight is 494 g/mol. The maximum Gasteiger partial charge on any atom is 0.243 e. The molecule has 1 fully saturated rings. The number of rotatable bonds is 5. The van der Waals surface area contributed by atoms with E-state index in [0.717, 1.165) is 21.5 Å². The van der Waals surface area contributed by atoms with Gasteiger partial charge in [0.2, 0.25) is 15.9 Å². The van der Waals surface area contributed by atoms with Crippen molar-refractivity contribution in [2.24, 2.45) is 5.92 Å². The number of carbonyl (C=O) groups is 1. The van der Waals surface area contributed by atoms with Gasteiger partial charge in [0.1, 0.15) is 0 Å². The van der Waals surface area contributed by atoms with Crippen LogP contribution in [-0.4, -0.2) is 51.4 Å². The molecule has 0 bridgehead atoms.